The summed E-state index contributed by atoms with van der Waals surface area (Å²) < 4.78 is 5.05. The number of likely N-dealkylation sites (N-methyl/N-ethyl adjacent to an activating group) is 1. The summed E-state index contributed by atoms with van der Waals surface area (Å²) >= 11 is 0. The number of methoxy groups -OCH3 is 1. The molecule has 21 heavy (non-hydrogen) atoms. The molecule has 0 saturated heterocycles. The van der Waals surface area contributed by atoms with E-state index in [9.17, 15) is 4.79 Å². The molecule has 5 nitrogen and oxygen atoms in total. The van der Waals surface area contributed by atoms with Crippen LogP contribution in [0.2, 0.25) is 0 Å². The molecule has 0 aromatic heterocycles. The highest BCUT2D eigenvalue weighted by Crippen LogP contribution is 2.21. The molecule has 1 heterocycles. The van der Waals surface area contributed by atoms with Gasteiger partial charge in [0.05, 0.1) is 12.6 Å². The average molecular weight is 291 g/mol. The predicted molar refractivity (Wildman–Crippen MR) is 84.6 cm³/mol. The molecule has 5 heteroatoms. The van der Waals surface area contributed by atoms with Crippen molar-refractivity contribution in [3.8, 4) is 0 Å². The second kappa shape index (κ2) is 8.12. The normalized spacial score (nSPS) is 18.2. The van der Waals surface area contributed by atoms with Crippen molar-refractivity contribution in [2.75, 3.05) is 45.7 Å². The number of anilines is 1. The van der Waals surface area contributed by atoms with Crippen LogP contribution in [-0.4, -0.2) is 57.2 Å². The first-order valence-corrected chi connectivity index (χ1v) is 7.50. The lowest BCUT2D eigenvalue weighted by molar-refractivity contribution is -0.118. The number of carbonyl (C=O) groups excluding carboxylic acids is 1. The molecule has 1 aromatic carbocycles. The molecule has 0 aliphatic carbocycles. The van der Waals surface area contributed by atoms with Gasteiger partial charge in [0.15, 0.2) is 0 Å². The molecule has 0 radical (unpaired) electrons. The fourth-order valence-electron chi connectivity index (χ4n) is 2.49. The first-order chi connectivity index (χ1) is 10.2. The number of hydrogen-bond acceptors (Lipinski definition) is 4. The summed E-state index contributed by atoms with van der Waals surface area (Å²) in [6.45, 7) is 3.34. The number of amides is 1. The second-order valence-electron chi connectivity index (χ2n) is 5.49. The van der Waals surface area contributed by atoms with Gasteiger partial charge in [-0.3, -0.25) is 4.79 Å². The molecule has 1 aliphatic heterocycles. The molecule has 116 valence electrons. The number of ether oxygens (including phenoxy) is 1. The van der Waals surface area contributed by atoms with Crippen LogP contribution in [0.1, 0.15) is 12.0 Å². The summed E-state index contributed by atoms with van der Waals surface area (Å²) in [5, 5.41) is 6.37. The highest BCUT2D eigenvalue weighted by Gasteiger charge is 2.22. The maximum atomic E-state index is 12.2. The van der Waals surface area contributed by atoms with Gasteiger partial charge in [-0.1, -0.05) is 18.2 Å². The highest BCUT2D eigenvalue weighted by molar-refractivity contribution is 5.96. The van der Waals surface area contributed by atoms with E-state index in [-0.39, 0.29) is 11.9 Å². The molecule has 1 aromatic rings. The minimum absolute atomic E-state index is 0.0690. The van der Waals surface area contributed by atoms with Crippen molar-refractivity contribution < 1.29 is 9.53 Å². The van der Waals surface area contributed by atoms with Crippen molar-refractivity contribution in [1.82, 2.24) is 10.2 Å². The number of nitrogens with zero attached hydrogens (tertiary/aromatic N) is 1. The van der Waals surface area contributed by atoms with Crippen LogP contribution in [0.3, 0.4) is 0 Å². The Morgan fingerprint density at radius 2 is 2.19 bits per heavy atom. The highest BCUT2D eigenvalue weighted by atomic mass is 16.5. The minimum Gasteiger partial charge on any atom is -0.383 e. The molecule has 2 N–H and O–H groups in total. The topological polar surface area (TPSA) is 53.6 Å². The van der Waals surface area contributed by atoms with Crippen LogP contribution in [0.25, 0.3) is 0 Å². The van der Waals surface area contributed by atoms with Crippen molar-refractivity contribution in [2.24, 2.45) is 0 Å². The Morgan fingerprint density at radius 3 is 3.00 bits per heavy atom. The quantitative estimate of drug-likeness (QED) is 0.790. The van der Waals surface area contributed by atoms with Crippen LogP contribution in [0, 0.1) is 0 Å². The van der Waals surface area contributed by atoms with Crippen molar-refractivity contribution >= 4 is 11.6 Å². The Morgan fingerprint density at radius 1 is 1.38 bits per heavy atom. The van der Waals surface area contributed by atoms with Crippen LogP contribution in [0.15, 0.2) is 24.3 Å². The SMILES string of the molecule is COCCN(C)CCNC1CCc2ccccc2NC1=O. The molecule has 1 unspecified atom stereocenters. The van der Waals surface area contributed by atoms with Gasteiger partial charge in [-0.05, 0) is 31.5 Å². The van der Waals surface area contributed by atoms with E-state index in [1.165, 1.54) is 5.56 Å². The molecule has 0 saturated carbocycles. The molecule has 2 rings (SSSR count). The maximum Gasteiger partial charge on any atom is 0.241 e. The predicted octanol–water partition coefficient (Wildman–Crippen LogP) is 1.11. The van der Waals surface area contributed by atoms with Gasteiger partial charge in [0.2, 0.25) is 5.91 Å². The average Bonchev–Trinajstić information content (AvgIpc) is 2.64. The van der Waals surface area contributed by atoms with E-state index in [2.05, 4.69) is 28.6 Å². The number of nitrogens with one attached hydrogen (secondary N) is 2. The third-order valence-corrected chi connectivity index (χ3v) is 3.86. The number of fused-ring (bicyclic) bond motifs is 1. The summed E-state index contributed by atoms with van der Waals surface area (Å²) in [5.41, 5.74) is 2.16. The summed E-state index contributed by atoms with van der Waals surface area (Å²) in [6, 6.07) is 7.90. The fourth-order valence-corrected chi connectivity index (χ4v) is 2.49. The Kier molecular flexibility index (Phi) is 6.17. The molecule has 0 fully saturated rings. The Balaban J connectivity index is 1.79. The zero-order chi connectivity index (χ0) is 15.1. The number of hydrogen-bond donors (Lipinski definition) is 2. The fraction of sp³-hybridized carbons (Fsp3) is 0.562. The van der Waals surface area contributed by atoms with Crippen LogP contribution in [0.4, 0.5) is 5.69 Å². The largest absolute Gasteiger partial charge is 0.383 e. The number of carbonyl (C=O) groups is 1. The van der Waals surface area contributed by atoms with Gasteiger partial charge >= 0.3 is 0 Å². The third kappa shape index (κ3) is 4.81. The van der Waals surface area contributed by atoms with E-state index in [4.69, 9.17) is 4.74 Å². The van der Waals surface area contributed by atoms with Crippen molar-refractivity contribution in [3.05, 3.63) is 29.8 Å². The molecule has 0 bridgehead atoms. The Hall–Kier alpha value is -1.43. The first-order valence-electron chi connectivity index (χ1n) is 7.50. The van der Waals surface area contributed by atoms with E-state index in [1.807, 2.05) is 18.2 Å². The van der Waals surface area contributed by atoms with Gasteiger partial charge in [0.1, 0.15) is 0 Å². The number of aryl methyl sites for hydroxylation is 1. The van der Waals surface area contributed by atoms with Crippen molar-refractivity contribution in [1.29, 1.82) is 0 Å². The van der Waals surface area contributed by atoms with E-state index in [0.717, 1.165) is 44.8 Å². The number of rotatable bonds is 7. The van der Waals surface area contributed by atoms with Gasteiger partial charge in [-0.2, -0.15) is 0 Å². The standard InChI is InChI=1S/C16H25N3O2/c1-19(11-12-21-2)10-9-17-15-8-7-13-5-3-4-6-14(13)18-16(15)20/h3-6,15,17H,7-12H2,1-2H3,(H,18,20). The Bertz CT molecular complexity index is 465. The molecular formula is C16H25N3O2. The molecule has 1 amide bonds. The van der Waals surface area contributed by atoms with Crippen LogP contribution >= 0.6 is 0 Å². The van der Waals surface area contributed by atoms with Crippen molar-refractivity contribution in [3.63, 3.8) is 0 Å². The lowest BCUT2D eigenvalue weighted by atomic mass is 10.1. The van der Waals surface area contributed by atoms with Gasteiger partial charge in [0.25, 0.3) is 0 Å². The second-order valence-corrected chi connectivity index (χ2v) is 5.49. The zero-order valence-electron chi connectivity index (χ0n) is 12.9. The first kappa shape index (κ1) is 15.9. The number of para-hydroxylation sites is 1. The lowest BCUT2D eigenvalue weighted by Crippen LogP contribution is -2.43. The van der Waals surface area contributed by atoms with Crippen LogP contribution in [0.5, 0.6) is 0 Å². The van der Waals surface area contributed by atoms with E-state index in [0.29, 0.717) is 0 Å². The van der Waals surface area contributed by atoms with Gasteiger partial charge in [0, 0.05) is 32.4 Å². The summed E-state index contributed by atoms with van der Waals surface area (Å²) in [4.78, 5) is 14.4. The van der Waals surface area contributed by atoms with Crippen LogP contribution < -0.4 is 10.6 Å². The molecule has 0 spiro atoms. The van der Waals surface area contributed by atoms with Crippen molar-refractivity contribution in [2.45, 2.75) is 18.9 Å². The Labute approximate surface area is 126 Å². The summed E-state index contributed by atoms with van der Waals surface area (Å²) in [6.07, 6.45) is 1.76. The summed E-state index contributed by atoms with van der Waals surface area (Å²) in [5.74, 6) is 0.0690. The monoisotopic (exact) mass is 291 g/mol. The summed E-state index contributed by atoms with van der Waals surface area (Å²) in [7, 11) is 3.77. The zero-order valence-corrected chi connectivity index (χ0v) is 12.9. The van der Waals surface area contributed by atoms with E-state index >= 15 is 0 Å². The van der Waals surface area contributed by atoms with Gasteiger partial charge in [-0.25, -0.2) is 0 Å². The smallest absolute Gasteiger partial charge is 0.241 e. The lowest BCUT2D eigenvalue weighted by Gasteiger charge is -2.19. The number of benzene rings is 1. The molecular weight excluding hydrogens is 266 g/mol. The van der Waals surface area contributed by atoms with E-state index in [1.54, 1.807) is 7.11 Å². The van der Waals surface area contributed by atoms with Gasteiger partial charge < -0.3 is 20.3 Å². The minimum atomic E-state index is -0.117. The van der Waals surface area contributed by atoms with Gasteiger partial charge in [-0.15, -0.1) is 0 Å². The van der Waals surface area contributed by atoms with Crippen LogP contribution in [-0.2, 0) is 16.0 Å². The molecule has 1 atom stereocenters. The third-order valence-electron chi connectivity index (χ3n) is 3.86. The maximum absolute atomic E-state index is 12.2. The molecule has 1 aliphatic rings. The van der Waals surface area contributed by atoms with E-state index < -0.39 is 0 Å².